The van der Waals surface area contributed by atoms with Crippen LogP contribution in [0.5, 0.6) is 5.75 Å². The normalized spacial score (nSPS) is 17.0. The van der Waals surface area contributed by atoms with Crippen molar-refractivity contribution < 1.29 is 18.9 Å². The van der Waals surface area contributed by atoms with Gasteiger partial charge in [0.2, 0.25) is 0 Å². The topological polar surface area (TPSA) is 62.9 Å². The molecular weight excluding hydrogens is 270 g/mol. The van der Waals surface area contributed by atoms with Crippen molar-refractivity contribution in [1.82, 2.24) is 0 Å². The van der Waals surface area contributed by atoms with Crippen LogP contribution in [0.3, 0.4) is 0 Å². The molecule has 1 aliphatic rings. The van der Waals surface area contributed by atoms with Crippen LogP contribution in [0.2, 0.25) is 0 Å². The van der Waals surface area contributed by atoms with E-state index in [1.807, 2.05) is 6.07 Å². The van der Waals surface area contributed by atoms with Crippen LogP contribution in [0.15, 0.2) is 18.2 Å². The highest BCUT2D eigenvalue weighted by molar-refractivity contribution is 5.40. The summed E-state index contributed by atoms with van der Waals surface area (Å²) in [5.41, 5.74) is 8.58. The maximum Gasteiger partial charge on any atom is 0.119 e. The molecule has 0 aromatic heterocycles. The van der Waals surface area contributed by atoms with Gasteiger partial charge in [-0.2, -0.15) is 0 Å². The maximum absolute atomic E-state index is 6.01. The quantitative estimate of drug-likeness (QED) is 0.666. The molecule has 21 heavy (non-hydrogen) atoms. The molecule has 2 rings (SSSR count). The molecule has 0 saturated carbocycles. The van der Waals surface area contributed by atoms with E-state index in [4.69, 9.17) is 24.7 Å². The SMILES string of the molecule is COCCOCCOCCOc1ccc2c(c1)CCC2N. The third-order valence-electron chi connectivity index (χ3n) is 3.54. The zero-order valence-corrected chi connectivity index (χ0v) is 12.7. The second-order valence-corrected chi connectivity index (χ2v) is 5.07. The Morgan fingerprint density at radius 2 is 1.76 bits per heavy atom. The van der Waals surface area contributed by atoms with Gasteiger partial charge in [0.15, 0.2) is 0 Å². The molecule has 1 atom stereocenters. The molecule has 1 unspecified atom stereocenters. The molecule has 0 fully saturated rings. The number of fused-ring (bicyclic) bond motifs is 1. The van der Waals surface area contributed by atoms with Crippen LogP contribution in [-0.4, -0.2) is 46.8 Å². The number of benzene rings is 1. The molecule has 1 aromatic rings. The first-order chi connectivity index (χ1) is 10.3. The number of nitrogens with two attached hydrogens (primary N) is 1. The molecule has 5 nitrogen and oxygen atoms in total. The average Bonchev–Trinajstić information content (AvgIpc) is 2.86. The van der Waals surface area contributed by atoms with Gasteiger partial charge in [0, 0.05) is 13.2 Å². The monoisotopic (exact) mass is 295 g/mol. The molecule has 0 aliphatic heterocycles. The van der Waals surface area contributed by atoms with Crippen molar-refractivity contribution in [1.29, 1.82) is 0 Å². The number of methoxy groups -OCH3 is 1. The summed E-state index contributed by atoms with van der Waals surface area (Å²) in [4.78, 5) is 0. The number of hydrogen-bond acceptors (Lipinski definition) is 5. The lowest BCUT2D eigenvalue weighted by molar-refractivity contribution is 0.0179. The van der Waals surface area contributed by atoms with Crippen molar-refractivity contribution in [3.8, 4) is 5.75 Å². The summed E-state index contributed by atoms with van der Waals surface area (Å²) in [5.74, 6) is 0.891. The fourth-order valence-corrected chi connectivity index (χ4v) is 2.40. The molecule has 0 heterocycles. The summed E-state index contributed by atoms with van der Waals surface area (Å²) < 4.78 is 21.3. The molecule has 1 aliphatic carbocycles. The van der Waals surface area contributed by atoms with Gasteiger partial charge in [-0.1, -0.05) is 6.07 Å². The number of ether oxygens (including phenoxy) is 4. The van der Waals surface area contributed by atoms with Crippen molar-refractivity contribution in [2.24, 2.45) is 5.73 Å². The Bertz CT molecular complexity index is 425. The first-order valence-electron chi connectivity index (χ1n) is 7.47. The van der Waals surface area contributed by atoms with Crippen molar-refractivity contribution in [2.75, 3.05) is 46.8 Å². The molecule has 0 amide bonds. The predicted molar refractivity (Wildman–Crippen MR) is 80.7 cm³/mol. The lowest BCUT2D eigenvalue weighted by atomic mass is 10.1. The van der Waals surface area contributed by atoms with E-state index in [9.17, 15) is 0 Å². The van der Waals surface area contributed by atoms with Crippen LogP contribution < -0.4 is 10.5 Å². The summed E-state index contributed by atoms with van der Waals surface area (Å²) >= 11 is 0. The van der Waals surface area contributed by atoms with E-state index in [1.165, 1.54) is 11.1 Å². The number of hydrogen-bond donors (Lipinski definition) is 1. The number of rotatable bonds is 10. The third kappa shape index (κ3) is 5.28. The highest BCUT2D eigenvalue weighted by atomic mass is 16.6. The fourth-order valence-electron chi connectivity index (χ4n) is 2.40. The molecular formula is C16H25NO4. The first kappa shape index (κ1) is 16.2. The minimum absolute atomic E-state index is 0.190. The number of aryl methyl sites for hydroxylation is 1. The van der Waals surface area contributed by atoms with Gasteiger partial charge in [-0.15, -0.1) is 0 Å². The van der Waals surface area contributed by atoms with Crippen LogP contribution in [-0.2, 0) is 20.6 Å². The average molecular weight is 295 g/mol. The van der Waals surface area contributed by atoms with E-state index in [2.05, 4.69) is 12.1 Å². The molecule has 118 valence electrons. The van der Waals surface area contributed by atoms with Crippen LogP contribution in [0, 0.1) is 0 Å². The highest BCUT2D eigenvalue weighted by Gasteiger charge is 2.18. The van der Waals surface area contributed by atoms with Gasteiger partial charge in [0.05, 0.1) is 33.0 Å². The molecule has 0 spiro atoms. The molecule has 0 bridgehead atoms. The summed E-state index contributed by atoms with van der Waals surface area (Å²) in [7, 11) is 1.66. The maximum atomic E-state index is 6.01. The summed E-state index contributed by atoms with van der Waals surface area (Å²) in [6.45, 7) is 3.48. The molecule has 0 radical (unpaired) electrons. The van der Waals surface area contributed by atoms with Gasteiger partial charge < -0.3 is 24.7 Å². The van der Waals surface area contributed by atoms with Gasteiger partial charge in [0.25, 0.3) is 0 Å². The van der Waals surface area contributed by atoms with E-state index < -0.39 is 0 Å². The molecule has 2 N–H and O–H groups in total. The lowest BCUT2D eigenvalue weighted by Crippen LogP contribution is -2.12. The van der Waals surface area contributed by atoms with E-state index in [-0.39, 0.29) is 6.04 Å². The van der Waals surface area contributed by atoms with Gasteiger partial charge in [0.1, 0.15) is 12.4 Å². The third-order valence-corrected chi connectivity index (χ3v) is 3.54. The summed E-state index contributed by atoms with van der Waals surface area (Å²) in [5, 5.41) is 0. The zero-order chi connectivity index (χ0) is 14.9. The van der Waals surface area contributed by atoms with Crippen molar-refractivity contribution in [3.63, 3.8) is 0 Å². The van der Waals surface area contributed by atoms with E-state index in [0.717, 1.165) is 18.6 Å². The van der Waals surface area contributed by atoms with Crippen LogP contribution in [0.1, 0.15) is 23.6 Å². The van der Waals surface area contributed by atoms with E-state index >= 15 is 0 Å². The van der Waals surface area contributed by atoms with Gasteiger partial charge in [-0.25, -0.2) is 0 Å². The first-order valence-corrected chi connectivity index (χ1v) is 7.47. The van der Waals surface area contributed by atoms with Crippen LogP contribution in [0.4, 0.5) is 0 Å². The highest BCUT2D eigenvalue weighted by Crippen LogP contribution is 2.31. The zero-order valence-electron chi connectivity index (χ0n) is 12.7. The summed E-state index contributed by atoms with van der Waals surface area (Å²) in [6.07, 6.45) is 2.08. The van der Waals surface area contributed by atoms with E-state index in [1.54, 1.807) is 7.11 Å². The minimum atomic E-state index is 0.190. The van der Waals surface area contributed by atoms with Crippen molar-refractivity contribution in [2.45, 2.75) is 18.9 Å². The molecule has 1 aromatic carbocycles. The Kier molecular flexibility index (Phi) is 6.95. The van der Waals surface area contributed by atoms with Gasteiger partial charge >= 0.3 is 0 Å². The van der Waals surface area contributed by atoms with Crippen LogP contribution in [0.25, 0.3) is 0 Å². The van der Waals surface area contributed by atoms with Gasteiger partial charge in [-0.05, 0) is 36.1 Å². The Labute approximate surface area is 126 Å². The van der Waals surface area contributed by atoms with Crippen molar-refractivity contribution in [3.05, 3.63) is 29.3 Å². The predicted octanol–water partition coefficient (Wildman–Crippen LogP) is 1.69. The Hall–Kier alpha value is -1.14. The standard InChI is InChI=1S/C16H25NO4/c1-18-6-7-19-8-9-20-10-11-21-14-3-4-15-13(12-14)2-5-16(15)17/h3-4,12,16H,2,5-11,17H2,1H3. The Morgan fingerprint density at radius 1 is 1.05 bits per heavy atom. The molecule has 5 heteroatoms. The largest absolute Gasteiger partial charge is 0.491 e. The fraction of sp³-hybridized carbons (Fsp3) is 0.625. The minimum Gasteiger partial charge on any atom is -0.491 e. The second-order valence-electron chi connectivity index (χ2n) is 5.07. The lowest BCUT2D eigenvalue weighted by Gasteiger charge is -2.10. The molecule has 0 saturated heterocycles. The van der Waals surface area contributed by atoms with Crippen LogP contribution >= 0.6 is 0 Å². The van der Waals surface area contributed by atoms with Crippen molar-refractivity contribution >= 4 is 0 Å². The second kappa shape index (κ2) is 9.00. The Balaban J connectivity index is 1.55. The Morgan fingerprint density at radius 3 is 2.52 bits per heavy atom. The summed E-state index contributed by atoms with van der Waals surface area (Å²) in [6, 6.07) is 6.34. The van der Waals surface area contributed by atoms with Gasteiger partial charge in [-0.3, -0.25) is 0 Å². The smallest absolute Gasteiger partial charge is 0.119 e. The van der Waals surface area contributed by atoms with E-state index in [0.29, 0.717) is 39.6 Å².